The SMILES string of the molecule is CC(=O)Nc1cc[n+](CCCC[N+](C)(C)CCCSSCC[N+](C)(C)CCCC[n+]2ccc(NC(C)=O)cc2C=Cc2ccc(N(C)C)c3ccccc23)c(C=Cc2ccc(N(C)C)c3ccccc23)c1. The maximum atomic E-state index is 11.9. The van der Waals surface area contributed by atoms with Gasteiger partial charge in [0, 0.05) is 138 Å². The Morgan fingerprint density at radius 3 is 1.35 bits per heavy atom. The fourth-order valence-corrected chi connectivity index (χ4v) is 11.5. The molecule has 0 aliphatic heterocycles. The maximum Gasteiger partial charge on any atom is 0.221 e. The molecular weight excluding hydrogens is 917 g/mol. The predicted molar refractivity (Wildman–Crippen MR) is 308 cm³/mol. The molecule has 0 unspecified atom stereocenters. The Morgan fingerprint density at radius 1 is 0.507 bits per heavy atom. The topological polar surface area (TPSA) is 72.4 Å². The number of rotatable bonds is 26. The molecule has 0 radical (unpaired) electrons. The highest BCUT2D eigenvalue weighted by atomic mass is 33.1. The summed E-state index contributed by atoms with van der Waals surface area (Å²) in [7, 11) is 21.9. The minimum atomic E-state index is -0.0680. The Kier molecular flexibility index (Phi) is 20.1. The fourth-order valence-electron chi connectivity index (χ4n) is 9.21. The first-order valence-electron chi connectivity index (χ1n) is 25.2. The van der Waals surface area contributed by atoms with E-state index in [-0.39, 0.29) is 11.8 Å². The fraction of sp³-hybridized carbons (Fsp3) is 0.390. The van der Waals surface area contributed by atoms with E-state index in [0.717, 1.165) is 95.9 Å². The lowest BCUT2D eigenvalue weighted by molar-refractivity contribution is -0.890. The monoisotopic (exact) mass is 997 g/mol. The third-order valence-corrected chi connectivity index (χ3v) is 15.6. The Bertz CT molecular complexity index is 2610. The largest absolute Gasteiger partial charge is 0.377 e. The predicted octanol–water partition coefficient (Wildman–Crippen LogP) is 11.1. The van der Waals surface area contributed by atoms with Crippen LogP contribution in [0.4, 0.5) is 22.7 Å². The molecule has 6 aromatic rings. The molecule has 2 amide bonds. The van der Waals surface area contributed by atoms with Gasteiger partial charge >= 0.3 is 0 Å². The van der Waals surface area contributed by atoms with Gasteiger partial charge in [0.25, 0.3) is 0 Å². The highest BCUT2D eigenvalue weighted by molar-refractivity contribution is 8.76. The van der Waals surface area contributed by atoms with E-state index in [1.54, 1.807) is 13.8 Å². The van der Waals surface area contributed by atoms with Crippen LogP contribution >= 0.6 is 21.6 Å². The Labute approximate surface area is 433 Å². The number of hydrogen-bond donors (Lipinski definition) is 2. The van der Waals surface area contributed by atoms with Gasteiger partial charge < -0.3 is 29.4 Å². The van der Waals surface area contributed by atoms with Crippen LogP contribution in [0.15, 0.2) is 109 Å². The average molecular weight is 997 g/mol. The molecule has 0 atom stereocenters. The lowest BCUT2D eigenvalue weighted by Crippen LogP contribution is -2.43. The van der Waals surface area contributed by atoms with Crippen molar-refractivity contribution in [3.8, 4) is 0 Å². The number of pyridine rings is 2. The van der Waals surface area contributed by atoms with Gasteiger partial charge in [-0.15, -0.1) is 0 Å². The molecule has 71 heavy (non-hydrogen) atoms. The van der Waals surface area contributed by atoms with Gasteiger partial charge in [-0.05, 0) is 46.2 Å². The number of carbonyl (C=O) groups is 2. The second-order valence-electron chi connectivity index (χ2n) is 20.5. The molecule has 0 spiro atoms. The number of quaternary nitrogens is 2. The number of benzene rings is 4. The number of carbonyl (C=O) groups excluding carboxylic acids is 2. The molecule has 0 bridgehead atoms. The Morgan fingerprint density at radius 2 is 0.915 bits per heavy atom. The molecule has 12 heteroatoms. The number of aryl methyl sites for hydroxylation is 2. The normalized spacial score (nSPS) is 12.1. The van der Waals surface area contributed by atoms with E-state index in [4.69, 9.17) is 0 Å². The summed E-state index contributed by atoms with van der Waals surface area (Å²) in [5, 5.41) is 10.9. The van der Waals surface area contributed by atoms with Crippen LogP contribution in [0.1, 0.15) is 68.5 Å². The third-order valence-electron chi connectivity index (χ3n) is 13.2. The highest BCUT2D eigenvalue weighted by Gasteiger charge is 2.19. The van der Waals surface area contributed by atoms with Crippen LogP contribution in [0, 0.1) is 0 Å². The van der Waals surface area contributed by atoms with Crippen LogP contribution in [0.25, 0.3) is 45.8 Å². The maximum absolute atomic E-state index is 11.9. The van der Waals surface area contributed by atoms with Gasteiger partial charge in [0.1, 0.15) is 13.1 Å². The first-order valence-corrected chi connectivity index (χ1v) is 27.7. The number of nitrogens with zero attached hydrogens (tertiary/aromatic N) is 6. The van der Waals surface area contributed by atoms with Gasteiger partial charge in [0.2, 0.25) is 23.2 Å². The molecule has 2 aromatic heterocycles. The molecule has 376 valence electrons. The van der Waals surface area contributed by atoms with Crippen LogP contribution in [-0.4, -0.2) is 115 Å². The zero-order valence-corrected chi connectivity index (χ0v) is 45.8. The summed E-state index contributed by atoms with van der Waals surface area (Å²) in [5.74, 6) is 2.18. The van der Waals surface area contributed by atoms with Crippen molar-refractivity contribution in [1.29, 1.82) is 0 Å². The van der Waals surface area contributed by atoms with Gasteiger partial charge in [-0.25, -0.2) is 0 Å². The third kappa shape index (κ3) is 16.7. The van der Waals surface area contributed by atoms with Gasteiger partial charge in [-0.3, -0.25) is 9.59 Å². The molecule has 0 aliphatic carbocycles. The number of fused-ring (bicyclic) bond motifs is 2. The summed E-state index contributed by atoms with van der Waals surface area (Å²) >= 11 is 0. The zero-order valence-electron chi connectivity index (χ0n) is 44.2. The van der Waals surface area contributed by atoms with Crippen molar-refractivity contribution < 1.29 is 27.7 Å². The molecule has 2 heterocycles. The molecule has 6 rings (SSSR count). The molecule has 10 nitrogen and oxygen atoms in total. The van der Waals surface area contributed by atoms with E-state index in [1.165, 1.54) is 62.8 Å². The number of nitrogens with one attached hydrogen (secondary N) is 2. The summed E-state index contributed by atoms with van der Waals surface area (Å²) in [6.07, 6.45) is 18.6. The summed E-state index contributed by atoms with van der Waals surface area (Å²) in [5.41, 5.74) is 8.50. The molecule has 0 saturated carbocycles. The number of amides is 2. The highest BCUT2D eigenvalue weighted by Crippen LogP contribution is 2.31. The number of aromatic nitrogens is 2. The van der Waals surface area contributed by atoms with Crippen molar-refractivity contribution >= 4 is 102 Å². The van der Waals surface area contributed by atoms with Crippen molar-refractivity contribution in [2.24, 2.45) is 0 Å². The van der Waals surface area contributed by atoms with Gasteiger partial charge in [-0.1, -0.05) is 82.3 Å². The van der Waals surface area contributed by atoms with E-state index < -0.39 is 0 Å². The van der Waals surface area contributed by atoms with Crippen molar-refractivity contribution in [3.05, 3.63) is 132 Å². The van der Waals surface area contributed by atoms with Gasteiger partial charge in [-0.2, -0.15) is 9.13 Å². The Hall–Kier alpha value is -5.66. The second-order valence-corrected chi connectivity index (χ2v) is 23.2. The van der Waals surface area contributed by atoms with Gasteiger partial charge in [0.15, 0.2) is 12.4 Å². The second kappa shape index (κ2) is 26.2. The minimum absolute atomic E-state index is 0.0676. The molecule has 0 aliphatic rings. The van der Waals surface area contributed by atoms with Crippen LogP contribution < -0.4 is 29.6 Å². The number of hydrogen-bond acceptors (Lipinski definition) is 6. The van der Waals surface area contributed by atoms with Crippen LogP contribution in [0.3, 0.4) is 0 Å². The van der Waals surface area contributed by atoms with Crippen LogP contribution in [0.2, 0.25) is 0 Å². The quantitative estimate of drug-likeness (QED) is 0.0244. The van der Waals surface area contributed by atoms with E-state index >= 15 is 0 Å². The molecule has 0 saturated heterocycles. The summed E-state index contributed by atoms with van der Waals surface area (Å²) in [6, 6.07) is 34.1. The minimum Gasteiger partial charge on any atom is -0.377 e. The first-order chi connectivity index (χ1) is 34.0. The zero-order chi connectivity index (χ0) is 51.0. The van der Waals surface area contributed by atoms with Crippen LogP contribution in [0.5, 0.6) is 0 Å². The molecule has 2 N–H and O–H groups in total. The number of anilines is 4. The van der Waals surface area contributed by atoms with Crippen molar-refractivity contribution in [1.82, 2.24) is 0 Å². The van der Waals surface area contributed by atoms with E-state index in [2.05, 4.69) is 208 Å². The molecule has 0 fully saturated rings. The van der Waals surface area contributed by atoms with E-state index in [0.29, 0.717) is 0 Å². The Balaban J connectivity index is 0.909. The molecule has 4 aromatic carbocycles. The lowest BCUT2D eigenvalue weighted by atomic mass is 10.0. The first kappa shape index (κ1) is 54.7. The van der Waals surface area contributed by atoms with E-state index in [1.807, 2.05) is 33.7 Å². The van der Waals surface area contributed by atoms with Gasteiger partial charge in [0.05, 0.1) is 71.5 Å². The standard InChI is InChI=1S/C59H78N8O2S2/c1-46(68)60-50-32-36-64(52(44-50)28-24-48-26-30-58(62(3)4)56-22-13-11-20-54(48)56)34-15-17-38-66(7,8)40-19-42-70-71-43-41-67(9,10)39-18-16-35-65-37-33-51(61-47(2)69)45-53(65)29-25-49-27-31-59(63(5)6)57-23-14-12-21-55(49)57/h11-14,20-33,36-37,44-45H,15-19,34-35,38-43H2,1-10H3/q+2/p+2. The number of unbranched alkanes of at least 4 members (excludes halogenated alkanes) is 2. The smallest absolute Gasteiger partial charge is 0.221 e. The molecular formula is C59H80N8O2S2+4. The summed E-state index contributed by atoms with van der Waals surface area (Å²) in [4.78, 5) is 28.2. The van der Waals surface area contributed by atoms with E-state index in [9.17, 15) is 9.59 Å². The van der Waals surface area contributed by atoms with Crippen LogP contribution in [-0.2, 0) is 22.7 Å². The van der Waals surface area contributed by atoms with Crippen molar-refractivity contribution in [2.75, 3.05) is 114 Å². The van der Waals surface area contributed by atoms with Crippen molar-refractivity contribution in [2.45, 2.75) is 59.0 Å². The summed E-state index contributed by atoms with van der Waals surface area (Å²) in [6.45, 7) is 9.55. The van der Waals surface area contributed by atoms with Crippen molar-refractivity contribution in [3.63, 3.8) is 0 Å². The lowest BCUT2D eigenvalue weighted by Gasteiger charge is -2.30. The summed E-state index contributed by atoms with van der Waals surface area (Å²) < 4.78 is 6.67. The average Bonchev–Trinajstić information content (AvgIpc) is 3.32.